The van der Waals surface area contributed by atoms with Crippen LogP contribution in [-0.2, 0) is 11.4 Å². The molecule has 0 spiro atoms. The molecule has 2 aliphatic heterocycles. The molecule has 3 atom stereocenters. The van der Waals surface area contributed by atoms with E-state index in [9.17, 15) is 14.7 Å². The third-order valence-electron chi connectivity index (χ3n) is 8.27. The van der Waals surface area contributed by atoms with Crippen molar-refractivity contribution in [3.8, 4) is 17.0 Å². The van der Waals surface area contributed by atoms with Crippen LogP contribution in [-0.4, -0.2) is 53.0 Å². The molecule has 2 saturated heterocycles. The Labute approximate surface area is 227 Å². The molecule has 1 saturated carbocycles. The van der Waals surface area contributed by atoms with Gasteiger partial charge in [0.2, 0.25) is 0 Å². The summed E-state index contributed by atoms with van der Waals surface area (Å²) in [7, 11) is 0. The largest absolute Gasteiger partial charge is 0.488 e. The monoisotopic (exact) mass is 531 g/mol. The summed E-state index contributed by atoms with van der Waals surface area (Å²) in [4.78, 5) is 33.3. The van der Waals surface area contributed by atoms with E-state index in [1.54, 1.807) is 11.3 Å². The highest BCUT2D eigenvalue weighted by Gasteiger charge is 2.60. The van der Waals surface area contributed by atoms with Crippen molar-refractivity contribution in [2.75, 3.05) is 31.1 Å². The third-order valence-corrected chi connectivity index (χ3v) is 9.17. The second kappa shape index (κ2) is 10.1. The maximum atomic E-state index is 12.9. The number of carboxylic acid groups (broad SMARTS) is 1. The molecular weight excluding hydrogens is 498 g/mol. The third kappa shape index (κ3) is 4.77. The van der Waals surface area contributed by atoms with Crippen LogP contribution in [0.4, 0.5) is 5.13 Å². The van der Waals surface area contributed by atoms with Crippen molar-refractivity contribution in [1.82, 2.24) is 9.88 Å². The highest BCUT2D eigenvalue weighted by atomic mass is 32.1. The van der Waals surface area contributed by atoms with Gasteiger partial charge in [-0.3, -0.25) is 9.59 Å². The Bertz CT molecular complexity index is 1370. The lowest BCUT2D eigenvalue weighted by atomic mass is 10.0. The predicted octanol–water partition coefficient (Wildman–Crippen LogP) is 5.40. The molecule has 198 valence electrons. The first-order chi connectivity index (χ1) is 18.4. The molecule has 1 aliphatic carbocycles. The molecule has 3 heterocycles. The Balaban J connectivity index is 1.15. The molecule has 6 rings (SSSR count). The molecule has 3 aromatic rings. The van der Waals surface area contributed by atoms with Gasteiger partial charge in [-0.15, -0.1) is 11.3 Å². The minimum atomic E-state index is -0.667. The Morgan fingerprint density at radius 1 is 1.05 bits per heavy atom. The lowest BCUT2D eigenvalue weighted by Crippen LogP contribution is -2.35. The quantitative estimate of drug-likeness (QED) is 0.440. The van der Waals surface area contributed by atoms with Crippen LogP contribution < -0.4 is 9.64 Å². The van der Waals surface area contributed by atoms with Crippen LogP contribution in [0.5, 0.6) is 5.75 Å². The van der Waals surface area contributed by atoms with E-state index in [2.05, 4.69) is 23.3 Å². The fourth-order valence-corrected chi connectivity index (χ4v) is 6.82. The van der Waals surface area contributed by atoms with E-state index in [4.69, 9.17) is 9.72 Å². The zero-order valence-corrected chi connectivity index (χ0v) is 22.7. The number of piperidine rings is 2. The normalized spacial score (nSPS) is 22.3. The molecular formula is C30H33N3O4S. The van der Waals surface area contributed by atoms with Gasteiger partial charge in [-0.05, 0) is 80.3 Å². The highest BCUT2D eigenvalue weighted by molar-refractivity contribution is 7.14. The Morgan fingerprint density at radius 2 is 1.82 bits per heavy atom. The van der Waals surface area contributed by atoms with Gasteiger partial charge >= 0.3 is 5.97 Å². The van der Waals surface area contributed by atoms with Crippen LogP contribution in [0.25, 0.3) is 11.3 Å². The van der Waals surface area contributed by atoms with Gasteiger partial charge in [-0.1, -0.05) is 17.7 Å². The smallest absolute Gasteiger partial charge is 0.307 e. The Kier molecular flexibility index (Phi) is 6.60. The minimum absolute atomic E-state index is 0.120. The number of carbonyl (C=O) groups excluding carboxylic acids is 1. The Morgan fingerprint density at radius 3 is 2.53 bits per heavy atom. The molecule has 2 aromatic carbocycles. The second-order valence-electron chi connectivity index (χ2n) is 10.9. The number of ether oxygens (including phenoxy) is 1. The number of rotatable bonds is 7. The molecule has 0 radical (unpaired) electrons. The first-order valence-electron chi connectivity index (χ1n) is 13.4. The van der Waals surface area contributed by atoms with E-state index in [0.29, 0.717) is 6.61 Å². The number of carboxylic acids is 1. The predicted molar refractivity (Wildman–Crippen MR) is 148 cm³/mol. The van der Waals surface area contributed by atoms with Gasteiger partial charge < -0.3 is 19.6 Å². The van der Waals surface area contributed by atoms with Crippen LogP contribution in [0.15, 0.2) is 41.8 Å². The molecule has 3 fully saturated rings. The molecule has 7 nitrogen and oxygen atoms in total. The van der Waals surface area contributed by atoms with Gasteiger partial charge in [-0.2, -0.15) is 0 Å². The number of hydrogen-bond donors (Lipinski definition) is 1. The summed E-state index contributed by atoms with van der Waals surface area (Å²) in [5.41, 5.74) is 5.80. The number of hydrogen-bond acceptors (Lipinski definition) is 6. The van der Waals surface area contributed by atoms with E-state index in [1.165, 1.54) is 6.42 Å². The maximum absolute atomic E-state index is 12.9. The summed E-state index contributed by atoms with van der Waals surface area (Å²) in [5.74, 6) is 0.553. The van der Waals surface area contributed by atoms with Gasteiger partial charge in [0, 0.05) is 42.7 Å². The van der Waals surface area contributed by atoms with Crippen LogP contribution in [0, 0.1) is 31.6 Å². The number of amides is 1. The molecule has 1 aromatic heterocycles. The standard InChI is InChI=1S/C30H33N3O4S/c1-18-6-9-26(37-16-21-8-7-20(13-19(21)2)28(34)32-10-4-3-5-11-32)22(12-18)25-17-38-30(31-25)33-14-23-24(15-33)27(23)29(35)36/h6-9,12-13,17,23-24,27H,3-5,10-11,14-16H2,1-2H3,(H,35,36)/t23-,24?,27?/m1/s1. The van der Waals surface area contributed by atoms with Gasteiger partial charge in [-0.25, -0.2) is 4.98 Å². The number of aliphatic carboxylic acids is 1. The van der Waals surface area contributed by atoms with Gasteiger partial charge in [0.15, 0.2) is 5.13 Å². The van der Waals surface area contributed by atoms with Crippen molar-refractivity contribution >= 4 is 28.3 Å². The number of aromatic nitrogens is 1. The number of fused-ring (bicyclic) bond motifs is 1. The summed E-state index contributed by atoms with van der Waals surface area (Å²) < 4.78 is 6.32. The summed E-state index contributed by atoms with van der Waals surface area (Å²) in [6, 6.07) is 12.0. The molecule has 2 unspecified atom stereocenters. The minimum Gasteiger partial charge on any atom is -0.488 e. The number of carbonyl (C=O) groups is 2. The van der Waals surface area contributed by atoms with Gasteiger partial charge in [0.05, 0.1) is 11.6 Å². The number of anilines is 1. The molecule has 8 heteroatoms. The number of benzene rings is 2. The van der Waals surface area contributed by atoms with Crippen LogP contribution in [0.2, 0.25) is 0 Å². The van der Waals surface area contributed by atoms with E-state index >= 15 is 0 Å². The SMILES string of the molecule is Cc1ccc(OCc2ccc(C(=O)N3CCCCC3)cc2C)c(-c2csc(N3CC4C(C(=O)O)[C@@H]4C3)n2)c1. The van der Waals surface area contributed by atoms with E-state index < -0.39 is 5.97 Å². The summed E-state index contributed by atoms with van der Waals surface area (Å²) in [5, 5.41) is 12.3. The Hall–Kier alpha value is -3.39. The summed E-state index contributed by atoms with van der Waals surface area (Å²) in [6.45, 7) is 7.72. The van der Waals surface area contributed by atoms with Gasteiger partial charge in [0.25, 0.3) is 5.91 Å². The van der Waals surface area contributed by atoms with Crippen LogP contribution in [0.3, 0.4) is 0 Å². The van der Waals surface area contributed by atoms with Crippen molar-refractivity contribution in [2.45, 2.75) is 39.7 Å². The first-order valence-corrected chi connectivity index (χ1v) is 14.3. The van der Waals surface area contributed by atoms with Crippen molar-refractivity contribution in [2.24, 2.45) is 17.8 Å². The van der Waals surface area contributed by atoms with E-state index in [-0.39, 0.29) is 23.7 Å². The molecule has 0 bridgehead atoms. The lowest BCUT2D eigenvalue weighted by Gasteiger charge is -2.27. The number of aryl methyl sites for hydroxylation is 2. The maximum Gasteiger partial charge on any atom is 0.307 e. The zero-order chi connectivity index (χ0) is 26.4. The number of thiazole rings is 1. The first kappa shape index (κ1) is 24.9. The fraction of sp³-hybridized carbons (Fsp3) is 0.433. The van der Waals surface area contributed by atoms with Crippen molar-refractivity contribution in [3.63, 3.8) is 0 Å². The van der Waals surface area contributed by atoms with Gasteiger partial charge in [0.1, 0.15) is 12.4 Å². The van der Waals surface area contributed by atoms with Crippen LogP contribution in [0.1, 0.15) is 46.3 Å². The van der Waals surface area contributed by atoms with Crippen molar-refractivity contribution < 1.29 is 19.4 Å². The number of likely N-dealkylation sites (tertiary alicyclic amines) is 1. The average Bonchev–Trinajstić information content (AvgIpc) is 3.23. The summed E-state index contributed by atoms with van der Waals surface area (Å²) in [6.07, 6.45) is 3.37. The molecule has 38 heavy (non-hydrogen) atoms. The molecule has 3 aliphatic rings. The highest BCUT2D eigenvalue weighted by Crippen LogP contribution is 2.53. The number of nitrogens with zero attached hydrogens (tertiary/aromatic N) is 3. The van der Waals surface area contributed by atoms with Crippen molar-refractivity contribution in [1.29, 1.82) is 0 Å². The molecule has 1 amide bonds. The van der Waals surface area contributed by atoms with Crippen LogP contribution >= 0.6 is 11.3 Å². The van der Waals surface area contributed by atoms with E-state index in [0.717, 1.165) is 83.4 Å². The fourth-order valence-electron chi connectivity index (χ4n) is 5.98. The van der Waals surface area contributed by atoms with Crippen molar-refractivity contribution in [3.05, 3.63) is 64.0 Å². The average molecular weight is 532 g/mol. The molecule has 1 N–H and O–H groups in total. The lowest BCUT2D eigenvalue weighted by molar-refractivity contribution is -0.139. The van der Waals surface area contributed by atoms with E-state index in [1.807, 2.05) is 42.2 Å². The summed E-state index contributed by atoms with van der Waals surface area (Å²) >= 11 is 1.60. The topological polar surface area (TPSA) is 83.0 Å². The second-order valence-corrected chi connectivity index (χ2v) is 11.7. The zero-order valence-electron chi connectivity index (χ0n) is 21.9.